The molecule has 0 fully saturated rings. The predicted octanol–water partition coefficient (Wildman–Crippen LogP) is 1.41. The summed E-state index contributed by atoms with van der Waals surface area (Å²) >= 11 is 0. The van der Waals surface area contributed by atoms with Gasteiger partial charge in [-0.25, -0.2) is 0 Å². The van der Waals surface area contributed by atoms with Gasteiger partial charge in [0.15, 0.2) is 0 Å². The lowest BCUT2D eigenvalue weighted by molar-refractivity contribution is -0.144. The van der Waals surface area contributed by atoms with Crippen molar-refractivity contribution >= 4 is 5.97 Å². The Hall–Kier alpha value is -1.36. The first-order chi connectivity index (χ1) is 8.49. The standard InChI is InChI=1S/C13H23N3O2/c1-6-9(2)12(13(17)18-5)14-7-11-8-16(4)15-10(11)3/h8-9,12,14H,6-7H2,1-5H3. The van der Waals surface area contributed by atoms with Crippen LogP contribution in [-0.2, 0) is 23.1 Å². The number of nitrogens with one attached hydrogen (secondary N) is 1. The van der Waals surface area contributed by atoms with Crippen LogP contribution in [0.4, 0.5) is 0 Å². The van der Waals surface area contributed by atoms with Gasteiger partial charge in [0.25, 0.3) is 0 Å². The van der Waals surface area contributed by atoms with Crippen LogP contribution in [0, 0.1) is 12.8 Å². The number of methoxy groups -OCH3 is 1. The van der Waals surface area contributed by atoms with Crippen LogP contribution in [0.25, 0.3) is 0 Å². The number of carbonyl (C=O) groups is 1. The van der Waals surface area contributed by atoms with Crippen LogP contribution in [0.5, 0.6) is 0 Å². The first-order valence-corrected chi connectivity index (χ1v) is 6.29. The minimum Gasteiger partial charge on any atom is -0.468 e. The van der Waals surface area contributed by atoms with E-state index in [1.807, 2.05) is 27.1 Å². The molecular formula is C13H23N3O2. The van der Waals surface area contributed by atoms with E-state index < -0.39 is 0 Å². The number of aromatic nitrogens is 2. The van der Waals surface area contributed by atoms with E-state index in [4.69, 9.17) is 4.74 Å². The first-order valence-electron chi connectivity index (χ1n) is 6.29. The van der Waals surface area contributed by atoms with Crippen molar-refractivity contribution in [1.29, 1.82) is 0 Å². The Morgan fingerprint density at radius 1 is 1.61 bits per heavy atom. The van der Waals surface area contributed by atoms with Crippen molar-refractivity contribution in [3.63, 3.8) is 0 Å². The summed E-state index contributed by atoms with van der Waals surface area (Å²) in [4.78, 5) is 11.7. The van der Waals surface area contributed by atoms with Crippen LogP contribution in [0.2, 0.25) is 0 Å². The lowest BCUT2D eigenvalue weighted by atomic mass is 9.99. The van der Waals surface area contributed by atoms with Crippen molar-refractivity contribution in [2.75, 3.05) is 7.11 Å². The van der Waals surface area contributed by atoms with E-state index >= 15 is 0 Å². The highest BCUT2D eigenvalue weighted by atomic mass is 16.5. The topological polar surface area (TPSA) is 56.2 Å². The Bertz CT molecular complexity index is 401. The molecule has 0 saturated carbocycles. The van der Waals surface area contributed by atoms with Gasteiger partial charge in [0, 0.05) is 25.4 Å². The van der Waals surface area contributed by atoms with Gasteiger partial charge >= 0.3 is 5.97 Å². The molecule has 0 aromatic carbocycles. The number of hydrogen-bond acceptors (Lipinski definition) is 4. The zero-order chi connectivity index (χ0) is 13.7. The number of nitrogens with zero attached hydrogens (tertiary/aromatic N) is 2. The molecule has 2 atom stereocenters. The maximum absolute atomic E-state index is 11.7. The Kier molecular flexibility index (Phi) is 5.34. The Balaban J connectivity index is 2.67. The Morgan fingerprint density at radius 2 is 2.28 bits per heavy atom. The molecule has 0 amide bonds. The number of carbonyl (C=O) groups excluding carboxylic acids is 1. The molecule has 1 rings (SSSR count). The molecule has 102 valence electrons. The molecule has 0 radical (unpaired) electrons. The van der Waals surface area contributed by atoms with E-state index in [-0.39, 0.29) is 17.9 Å². The average Bonchev–Trinajstić information content (AvgIpc) is 2.67. The van der Waals surface area contributed by atoms with Crippen molar-refractivity contribution in [3.8, 4) is 0 Å². The zero-order valence-electron chi connectivity index (χ0n) is 11.9. The van der Waals surface area contributed by atoms with Gasteiger partial charge in [0.05, 0.1) is 12.8 Å². The maximum Gasteiger partial charge on any atom is 0.323 e. The molecule has 5 nitrogen and oxygen atoms in total. The number of ether oxygens (including phenoxy) is 1. The second-order valence-electron chi connectivity index (χ2n) is 4.68. The van der Waals surface area contributed by atoms with E-state index in [0.29, 0.717) is 6.54 Å². The summed E-state index contributed by atoms with van der Waals surface area (Å²) in [5.74, 6) is 0.0420. The van der Waals surface area contributed by atoms with Gasteiger partial charge in [0.2, 0.25) is 0 Å². The smallest absolute Gasteiger partial charge is 0.323 e. The van der Waals surface area contributed by atoms with Crippen LogP contribution in [0.3, 0.4) is 0 Å². The highest BCUT2D eigenvalue weighted by Gasteiger charge is 2.24. The summed E-state index contributed by atoms with van der Waals surface area (Å²) < 4.78 is 6.62. The molecule has 0 aliphatic rings. The lowest BCUT2D eigenvalue weighted by Gasteiger charge is -2.21. The van der Waals surface area contributed by atoms with Gasteiger partial charge in [-0.05, 0) is 12.8 Å². The van der Waals surface area contributed by atoms with E-state index in [9.17, 15) is 4.79 Å². The minimum absolute atomic E-state index is 0.203. The van der Waals surface area contributed by atoms with Gasteiger partial charge in [0.1, 0.15) is 6.04 Å². The molecule has 0 spiro atoms. The summed E-state index contributed by atoms with van der Waals surface area (Å²) in [5, 5.41) is 7.54. The van der Waals surface area contributed by atoms with E-state index in [1.165, 1.54) is 7.11 Å². The van der Waals surface area contributed by atoms with Gasteiger partial charge in [-0.3, -0.25) is 14.8 Å². The van der Waals surface area contributed by atoms with E-state index in [0.717, 1.165) is 17.7 Å². The quantitative estimate of drug-likeness (QED) is 0.779. The monoisotopic (exact) mass is 253 g/mol. The largest absolute Gasteiger partial charge is 0.468 e. The summed E-state index contributed by atoms with van der Waals surface area (Å²) in [6.45, 7) is 6.71. The molecule has 2 unspecified atom stereocenters. The predicted molar refractivity (Wildman–Crippen MR) is 70.0 cm³/mol. The van der Waals surface area contributed by atoms with E-state index in [2.05, 4.69) is 17.3 Å². The fourth-order valence-electron chi connectivity index (χ4n) is 1.92. The second-order valence-corrected chi connectivity index (χ2v) is 4.68. The van der Waals surface area contributed by atoms with Gasteiger partial charge in [-0.1, -0.05) is 20.3 Å². The highest BCUT2D eigenvalue weighted by Crippen LogP contribution is 2.11. The van der Waals surface area contributed by atoms with E-state index in [1.54, 1.807) is 4.68 Å². The number of esters is 1. The van der Waals surface area contributed by atoms with Crippen LogP contribution in [0.1, 0.15) is 31.5 Å². The second kappa shape index (κ2) is 6.54. The normalized spacial score (nSPS) is 14.3. The van der Waals surface area contributed by atoms with Gasteiger partial charge < -0.3 is 4.74 Å². The number of hydrogen-bond donors (Lipinski definition) is 1. The SMILES string of the molecule is CCC(C)C(NCc1cn(C)nc1C)C(=O)OC. The molecule has 18 heavy (non-hydrogen) atoms. The average molecular weight is 253 g/mol. The highest BCUT2D eigenvalue weighted by molar-refractivity contribution is 5.75. The summed E-state index contributed by atoms with van der Waals surface area (Å²) in [6.07, 6.45) is 2.89. The molecule has 0 saturated heterocycles. The zero-order valence-corrected chi connectivity index (χ0v) is 11.9. The van der Waals surface area contributed by atoms with Crippen molar-refractivity contribution < 1.29 is 9.53 Å². The Labute approximate surface area is 109 Å². The van der Waals surface area contributed by atoms with Crippen molar-refractivity contribution in [3.05, 3.63) is 17.5 Å². The summed E-state index contributed by atoms with van der Waals surface area (Å²) in [6, 6.07) is -0.264. The Morgan fingerprint density at radius 3 is 2.72 bits per heavy atom. The fourth-order valence-corrected chi connectivity index (χ4v) is 1.92. The number of rotatable bonds is 6. The third-order valence-corrected chi connectivity index (χ3v) is 3.30. The molecular weight excluding hydrogens is 230 g/mol. The molecule has 1 N–H and O–H groups in total. The third-order valence-electron chi connectivity index (χ3n) is 3.30. The van der Waals surface area contributed by atoms with Crippen LogP contribution < -0.4 is 5.32 Å². The molecule has 1 heterocycles. The van der Waals surface area contributed by atoms with Crippen LogP contribution in [0.15, 0.2) is 6.20 Å². The maximum atomic E-state index is 11.7. The first kappa shape index (κ1) is 14.7. The minimum atomic E-state index is -0.264. The van der Waals surface area contributed by atoms with Crippen LogP contribution in [-0.4, -0.2) is 28.9 Å². The van der Waals surface area contributed by atoms with Gasteiger partial charge in [-0.2, -0.15) is 5.10 Å². The molecule has 0 aliphatic heterocycles. The molecule has 1 aromatic rings. The molecule has 5 heteroatoms. The van der Waals surface area contributed by atoms with Crippen molar-refractivity contribution in [2.24, 2.45) is 13.0 Å². The fraction of sp³-hybridized carbons (Fsp3) is 0.692. The molecule has 0 bridgehead atoms. The molecule has 0 aliphatic carbocycles. The summed E-state index contributed by atoms with van der Waals surface area (Å²) in [5.41, 5.74) is 2.09. The van der Waals surface area contributed by atoms with Crippen molar-refractivity contribution in [2.45, 2.75) is 39.8 Å². The lowest BCUT2D eigenvalue weighted by Crippen LogP contribution is -2.42. The number of aryl methyl sites for hydroxylation is 2. The van der Waals surface area contributed by atoms with Crippen LogP contribution >= 0.6 is 0 Å². The summed E-state index contributed by atoms with van der Waals surface area (Å²) in [7, 11) is 3.32. The molecule has 1 aromatic heterocycles. The third kappa shape index (κ3) is 3.57. The van der Waals surface area contributed by atoms with Gasteiger partial charge in [-0.15, -0.1) is 0 Å². The van der Waals surface area contributed by atoms with Crippen molar-refractivity contribution in [1.82, 2.24) is 15.1 Å².